The molecular weight excluding hydrogens is 458 g/mol. The number of aldehydes is 2. The molecule has 0 radical (unpaired) electrons. The zero-order valence-corrected chi connectivity index (χ0v) is 21.2. The van der Waals surface area contributed by atoms with Gasteiger partial charge in [-0.05, 0) is 28.2 Å². The van der Waals surface area contributed by atoms with E-state index in [1.54, 1.807) is 17.0 Å². The van der Waals surface area contributed by atoms with E-state index in [4.69, 9.17) is 0 Å². The van der Waals surface area contributed by atoms with Crippen LogP contribution in [0.15, 0.2) is 115 Å². The highest BCUT2D eigenvalue weighted by atomic mass is 16.2. The first-order chi connectivity index (χ1) is 18.0. The van der Waals surface area contributed by atoms with Gasteiger partial charge < -0.3 is 9.69 Å². The van der Waals surface area contributed by atoms with Crippen molar-refractivity contribution in [3.05, 3.63) is 143 Å². The lowest BCUT2D eigenvalue weighted by molar-refractivity contribution is -0.139. The Morgan fingerprint density at radius 1 is 0.730 bits per heavy atom. The summed E-state index contributed by atoms with van der Waals surface area (Å²) in [7, 11) is 1.83. The summed E-state index contributed by atoms with van der Waals surface area (Å²) in [5, 5.41) is 0. The van der Waals surface area contributed by atoms with Gasteiger partial charge in [-0.2, -0.15) is 0 Å². The average molecular weight is 490 g/mol. The van der Waals surface area contributed by atoms with Crippen molar-refractivity contribution in [1.29, 1.82) is 0 Å². The van der Waals surface area contributed by atoms with E-state index >= 15 is 0 Å². The molecule has 2 atom stereocenters. The molecule has 0 aromatic heterocycles. The van der Waals surface area contributed by atoms with Crippen molar-refractivity contribution in [3.8, 4) is 0 Å². The first kappa shape index (κ1) is 25.8. The quantitative estimate of drug-likeness (QED) is 0.195. The van der Waals surface area contributed by atoms with Gasteiger partial charge >= 0.3 is 0 Å². The minimum Gasteiger partial charge on any atom is -0.327 e. The smallest absolute Gasteiger partial charge is 0.227 e. The molecule has 0 spiro atoms. The van der Waals surface area contributed by atoms with Gasteiger partial charge in [-0.1, -0.05) is 122 Å². The molecule has 4 nitrogen and oxygen atoms in total. The molecule has 4 rings (SSSR count). The highest BCUT2D eigenvalue weighted by Crippen LogP contribution is 2.43. The third-order valence-electron chi connectivity index (χ3n) is 7.28. The summed E-state index contributed by atoms with van der Waals surface area (Å²) in [6.45, 7) is 1.96. The van der Waals surface area contributed by atoms with Crippen molar-refractivity contribution in [2.45, 2.75) is 24.8 Å². The Morgan fingerprint density at radius 2 is 1.16 bits per heavy atom. The van der Waals surface area contributed by atoms with Crippen LogP contribution in [-0.4, -0.2) is 30.4 Å². The lowest BCUT2D eigenvalue weighted by atomic mass is 9.74. The maximum Gasteiger partial charge on any atom is 0.227 e. The molecule has 4 heteroatoms. The number of nitrogens with zero attached hydrogens (tertiary/aromatic N) is 1. The topological polar surface area (TPSA) is 54.5 Å². The molecule has 0 aliphatic carbocycles. The Balaban J connectivity index is 1.88. The summed E-state index contributed by atoms with van der Waals surface area (Å²) in [6, 6.07) is 37.2. The number of carbonyl (C=O) groups is 3. The van der Waals surface area contributed by atoms with Crippen LogP contribution in [0.3, 0.4) is 0 Å². The van der Waals surface area contributed by atoms with Crippen molar-refractivity contribution >= 4 is 18.5 Å². The normalized spacial score (nSPS) is 12.8. The van der Waals surface area contributed by atoms with E-state index < -0.39 is 11.5 Å². The Morgan fingerprint density at radius 3 is 1.54 bits per heavy atom. The van der Waals surface area contributed by atoms with Crippen LogP contribution in [0.2, 0.25) is 0 Å². The molecule has 186 valence electrons. The second kappa shape index (κ2) is 11.6. The molecule has 0 bridgehead atoms. The first-order valence-electron chi connectivity index (χ1n) is 12.5. The Bertz CT molecular complexity index is 1220. The van der Waals surface area contributed by atoms with Gasteiger partial charge in [-0.15, -0.1) is 0 Å². The molecule has 37 heavy (non-hydrogen) atoms. The standard InChI is InChI=1S/C33H31NO3/c1-25(27-20-18-26(24-36)19-21-27)31(22-23-35)32(37)34(2)33(28-12-6-3-7-13-28,29-14-8-4-9-15-29)30-16-10-5-11-17-30/h3-21,23-25,31H,22H2,1-2H3. The van der Waals surface area contributed by atoms with E-state index in [0.717, 1.165) is 34.8 Å². The second-order valence-corrected chi connectivity index (χ2v) is 9.29. The lowest BCUT2D eigenvalue weighted by Gasteiger charge is -2.45. The molecule has 0 fully saturated rings. The second-order valence-electron chi connectivity index (χ2n) is 9.29. The van der Waals surface area contributed by atoms with Gasteiger partial charge in [0.2, 0.25) is 5.91 Å². The Hall–Kier alpha value is -4.31. The monoisotopic (exact) mass is 489 g/mol. The third kappa shape index (κ3) is 5.01. The van der Waals surface area contributed by atoms with Crippen molar-refractivity contribution in [2.75, 3.05) is 7.05 Å². The molecule has 0 saturated heterocycles. The number of benzene rings is 4. The fraction of sp³-hybridized carbons (Fsp3) is 0.182. The molecule has 2 unspecified atom stereocenters. The van der Waals surface area contributed by atoms with Crippen LogP contribution in [0, 0.1) is 5.92 Å². The fourth-order valence-electron chi connectivity index (χ4n) is 5.27. The first-order valence-corrected chi connectivity index (χ1v) is 12.5. The van der Waals surface area contributed by atoms with Crippen LogP contribution in [0.1, 0.15) is 51.9 Å². The van der Waals surface area contributed by atoms with Crippen LogP contribution >= 0.6 is 0 Å². The SMILES string of the molecule is CC(c1ccc(C=O)cc1)C(CC=O)C(=O)N(C)C(c1ccccc1)(c1ccccc1)c1ccccc1. The number of carbonyl (C=O) groups excluding carboxylic acids is 3. The van der Waals surface area contributed by atoms with Crippen LogP contribution in [0.5, 0.6) is 0 Å². The van der Waals surface area contributed by atoms with Crippen LogP contribution in [0.4, 0.5) is 0 Å². The highest BCUT2D eigenvalue weighted by Gasteiger charge is 2.45. The van der Waals surface area contributed by atoms with Crippen molar-refractivity contribution in [3.63, 3.8) is 0 Å². The van der Waals surface area contributed by atoms with Crippen LogP contribution in [-0.2, 0) is 15.1 Å². The summed E-state index contributed by atoms with van der Waals surface area (Å²) >= 11 is 0. The molecule has 0 saturated carbocycles. The van der Waals surface area contributed by atoms with Gasteiger partial charge in [0.05, 0.1) is 5.92 Å². The Kier molecular flexibility index (Phi) is 8.09. The van der Waals surface area contributed by atoms with E-state index in [1.165, 1.54) is 0 Å². The highest BCUT2D eigenvalue weighted by molar-refractivity contribution is 5.84. The lowest BCUT2D eigenvalue weighted by Crippen LogP contribution is -2.51. The molecule has 0 aliphatic rings. The summed E-state index contributed by atoms with van der Waals surface area (Å²) in [5.41, 5.74) is 3.43. The predicted octanol–water partition coefficient (Wildman–Crippen LogP) is 6.26. The summed E-state index contributed by atoms with van der Waals surface area (Å²) < 4.78 is 0. The number of hydrogen-bond donors (Lipinski definition) is 0. The fourth-order valence-corrected chi connectivity index (χ4v) is 5.27. The molecular formula is C33H31NO3. The molecule has 0 heterocycles. The van der Waals surface area contributed by atoms with Gasteiger partial charge in [0.25, 0.3) is 0 Å². The molecule has 0 N–H and O–H groups in total. The zero-order chi connectivity index (χ0) is 26.3. The maximum absolute atomic E-state index is 14.4. The minimum atomic E-state index is -0.914. The summed E-state index contributed by atoms with van der Waals surface area (Å²) in [5.74, 6) is -0.948. The van der Waals surface area contributed by atoms with Gasteiger partial charge in [0, 0.05) is 19.0 Å². The van der Waals surface area contributed by atoms with E-state index in [-0.39, 0.29) is 18.2 Å². The minimum absolute atomic E-state index is 0.0915. The van der Waals surface area contributed by atoms with Gasteiger partial charge in [-0.3, -0.25) is 9.59 Å². The van der Waals surface area contributed by atoms with Crippen LogP contribution in [0.25, 0.3) is 0 Å². The zero-order valence-electron chi connectivity index (χ0n) is 21.2. The summed E-state index contributed by atoms with van der Waals surface area (Å²) in [4.78, 5) is 39.2. The van der Waals surface area contributed by atoms with Crippen molar-refractivity contribution in [1.82, 2.24) is 4.90 Å². The van der Waals surface area contributed by atoms with E-state index in [0.29, 0.717) is 5.56 Å². The number of amides is 1. The molecule has 4 aromatic rings. The maximum atomic E-state index is 14.4. The Labute approximate surface area is 218 Å². The largest absolute Gasteiger partial charge is 0.327 e. The molecule has 0 aliphatic heterocycles. The van der Waals surface area contributed by atoms with Gasteiger partial charge in [-0.25, -0.2) is 0 Å². The van der Waals surface area contributed by atoms with Gasteiger partial charge in [0.15, 0.2) is 0 Å². The van der Waals surface area contributed by atoms with E-state index in [9.17, 15) is 14.4 Å². The van der Waals surface area contributed by atoms with E-state index in [1.807, 2.05) is 117 Å². The molecule has 4 aromatic carbocycles. The van der Waals surface area contributed by atoms with Gasteiger partial charge in [0.1, 0.15) is 18.1 Å². The third-order valence-corrected chi connectivity index (χ3v) is 7.28. The average Bonchev–Trinajstić information content (AvgIpc) is 2.97. The molecule has 1 amide bonds. The van der Waals surface area contributed by atoms with Crippen molar-refractivity contribution < 1.29 is 14.4 Å². The van der Waals surface area contributed by atoms with Crippen molar-refractivity contribution in [2.24, 2.45) is 5.92 Å². The summed E-state index contributed by atoms with van der Waals surface area (Å²) in [6.07, 6.45) is 1.71. The number of hydrogen-bond acceptors (Lipinski definition) is 3. The predicted molar refractivity (Wildman–Crippen MR) is 146 cm³/mol. The van der Waals surface area contributed by atoms with Crippen LogP contribution < -0.4 is 0 Å². The van der Waals surface area contributed by atoms with E-state index in [2.05, 4.69) is 0 Å². The number of rotatable bonds is 10.